The highest BCUT2D eigenvalue weighted by Crippen LogP contribution is 2.10. The van der Waals surface area contributed by atoms with Gasteiger partial charge in [-0.1, -0.05) is 0 Å². The van der Waals surface area contributed by atoms with Gasteiger partial charge in [-0.3, -0.25) is 0 Å². The second-order valence-corrected chi connectivity index (χ2v) is 4.63. The van der Waals surface area contributed by atoms with Crippen LogP contribution in [0.3, 0.4) is 0 Å². The van der Waals surface area contributed by atoms with Crippen molar-refractivity contribution < 1.29 is 9.64 Å². The van der Waals surface area contributed by atoms with Crippen molar-refractivity contribution in [3.8, 4) is 5.75 Å². The molecule has 0 bridgehead atoms. The number of nitrogens with two attached hydrogens (primary N) is 2. The first kappa shape index (κ1) is 14.0. The van der Waals surface area contributed by atoms with Gasteiger partial charge in [-0.2, -0.15) is 15.0 Å². The first-order chi connectivity index (χ1) is 9.56. The quantitative estimate of drug-likeness (QED) is 0.664. The molecule has 0 fully saturated rings. The minimum Gasteiger partial charge on any atom is -0.497 e. The topological polar surface area (TPSA) is 104 Å². The fraction of sp³-hybridized carbons (Fsp3) is 0.308. The summed E-state index contributed by atoms with van der Waals surface area (Å²) in [5.74, 6) is 1.76. The van der Waals surface area contributed by atoms with Crippen molar-refractivity contribution in [3.05, 3.63) is 35.7 Å². The van der Waals surface area contributed by atoms with Gasteiger partial charge < -0.3 is 21.1 Å². The van der Waals surface area contributed by atoms with E-state index in [1.165, 1.54) is 10.5 Å². The van der Waals surface area contributed by atoms with Gasteiger partial charge in [-0.15, -0.1) is 0 Å². The molecule has 1 aromatic carbocycles. The fourth-order valence-electron chi connectivity index (χ4n) is 1.96. The van der Waals surface area contributed by atoms with E-state index in [2.05, 4.69) is 22.0 Å². The Labute approximate surface area is 117 Å². The normalized spacial score (nSPS) is 12.1. The molecule has 0 radical (unpaired) electrons. The predicted molar refractivity (Wildman–Crippen MR) is 75.9 cm³/mol. The average Bonchev–Trinajstić information content (AvgIpc) is 2.38. The Kier molecular flexibility index (Phi) is 4.31. The number of aromatic nitrogens is 3. The van der Waals surface area contributed by atoms with Crippen molar-refractivity contribution in [2.75, 3.05) is 25.6 Å². The minimum atomic E-state index is 0.157. The molecule has 1 aromatic heterocycles. The summed E-state index contributed by atoms with van der Waals surface area (Å²) in [6.07, 6.45) is 0. The van der Waals surface area contributed by atoms with Gasteiger partial charge >= 0.3 is 0 Å². The number of ether oxygens (including phenoxy) is 1. The molecule has 0 saturated heterocycles. The highest BCUT2D eigenvalue weighted by Gasteiger charge is 2.09. The molecule has 7 nitrogen and oxygen atoms in total. The van der Waals surface area contributed by atoms with E-state index in [0.29, 0.717) is 12.4 Å². The summed E-state index contributed by atoms with van der Waals surface area (Å²) in [7, 11) is 3.71. The van der Waals surface area contributed by atoms with Crippen molar-refractivity contribution in [1.82, 2.24) is 15.0 Å². The number of anilines is 2. The van der Waals surface area contributed by atoms with Crippen LogP contribution in [0.25, 0.3) is 0 Å². The number of quaternary nitrogens is 1. The summed E-state index contributed by atoms with van der Waals surface area (Å²) in [6, 6.07) is 7.97. The zero-order valence-corrected chi connectivity index (χ0v) is 11.6. The van der Waals surface area contributed by atoms with Gasteiger partial charge in [-0.05, 0) is 24.3 Å². The Morgan fingerprint density at radius 1 is 1.00 bits per heavy atom. The van der Waals surface area contributed by atoms with Crippen LogP contribution in [0.2, 0.25) is 0 Å². The fourth-order valence-corrected chi connectivity index (χ4v) is 1.96. The summed E-state index contributed by atoms with van der Waals surface area (Å²) < 4.78 is 5.13. The van der Waals surface area contributed by atoms with E-state index in [1.54, 1.807) is 7.11 Å². The molecule has 0 aliphatic carbocycles. The number of nitrogens with one attached hydrogen (secondary N) is 1. The molecule has 2 aromatic rings. The lowest BCUT2D eigenvalue weighted by atomic mass is 10.2. The second kappa shape index (κ2) is 6.16. The summed E-state index contributed by atoms with van der Waals surface area (Å²) >= 11 is 0. The monoisotopic (exact) mass is 275 g/mol. The summed E-state index contributed by atoms with van der Waals surface area (Å²) in [5, 5.41) is 0. The van der Waals surface area contributed by atoms with Gasteiger partial charge in [0.2, 0.25) is 11.9 Å². The van der Waals surface area contributed by atoms with E-state index in [-0.39, 0.29) is 11.9 Å². The van der Waals surface area contributed by atoms with Gasteiger partial charge in [0, 0.05) is 5.56 Å². The Morgan fingerprint density at radius 2 is 1.60 bits per heavy atom. The second-order valence-electron chi connectivity index (χ2n) is 4.63. The summed E-state index contributed by atoms with van der Waals surface area (Å²) in [5.41, 5.74) is 12.3. The predicted octanol–water partition coefficient (Wildman–Crippen LogP) is -0.740. The molecule has 5 N–H and O–H groups in total. The van der Waals surface area contributed by atoms with Crippen LogP contribution < -0.4 is 21.1 Å². The average molecular weight is 275 g/mol. The third-order valence-electron chi connectivity index (χ3n) is 2.84. The van der Waals surface area contributed by atoms with E-state index >= 15 is 0 Å². The highest BCUT2D eigenvalue weighted by atomic mass is 16.5. The van der Waals surface area contributed by atoms with Crippen LogP contribution in [0.1, 0.15) is 11.4 Å². The van der Waals surface area contributed by atoms with Crippen LogP contribution in [0.15, 0.2) is 24.3 Å². The Morgan fingerprint density at radius 3 is 2.15 bits per heavy atom. The molecule has 0 amide bonds. The van der Waals surface area contributed by atoms with Crippen molar-refractivity contribution in [1.29, 1.82) is 0 Å². The molecule has 2 rings (SSSR count). The highest BCUT2D eigenvalue weighted by molar-refractivity contribution is 5.27. The van der Waals surface area contributed by atoms with E-state index < -0.39 is 0 Å². The Bertz CT molecular complexity index is 551. The van der Waals surface area contributed by atoms with Crippen LogP contribution in [0.5, 0.6) is 5.75 Å². The van der Waals surface area contributed by atoms with Crippen LogP contribution in [0.4, 0.5) is 11.9 Å². The molecule has 0 spiro atoms. The van der Waals surface area contributed by atoms with Gasteiger partial charge in [0.15, 0.2) is 5.82 Å². The Balaban J connectivity index is 1.98. The summed E-state index contributed by atoms with van der Waals surface area (Å²) in [6.45, 7) is 1.47. The zero-order valence-electron chi connectivity index (χ0n) is 11.6. The maximum atomic E-state index is 5.55. The molecule has 0 aliphatic rings. The SMILES string of the molecule is COc1ccc(C[NH+](C)Cc2nc(N)nc(N)n2)cc1. The zero-order chi connectivity index (χ0) is 14.5. The number of hydrogen-bond acceptors (Lipinski definition) is 6. The van der Waals surface area contributed by atoms with Crippen LogP contribution in [-0.4, -0.2) is 29.1 Å². The maximum absolute atomic E-state index is 5.55. The number of methoxy groups -OCH3 is 1. The largest absolute Gasteiger partial charge is 0.497 e. The van der Waals surface area contributed by atoms with Gasteiger partial charge in [0.1, 0.15) is 18.8 Å². The lowest BCUT2D eigenvalue weighted by molar-refractivity contribution is -0.908. The van der Waals surface area contributed by atoms with Crippen LogP contribution in [0, 0.1) is 0 Å². The molecule has 20 heavy (non-hydrogen) atoms. The molecular formula is C13H19N6O+. The molecule has 0 saturated carbocycles. The molecule has 0 aliphatic heterocycles. The van der Waals surface area contributed by atoms with Crippen molar-refractivity contribution in [2.24, 2.45) is 0 Å². The van der Waals surface area contributed by atoms with Crippen molar-refractivity contribution in [2.45, 2.75) is 13.1 Å². The minimum absolute atomic E-state index is 0.157. The lowest BCUT2D eigenvalue weighted by Crippen LogP contribution is -3.06. The van der Waals surface area contributed by atoms with Crippen LogP contribution >= 0.6 is 0 Å². The van der Waals surface area contributed by atoms with Crippen LogP contribution in [-0.2, 0) is 13.1 Å². The first-order valence-electron chi connectivity index (χ1n) is 6.27. The maximum Gasteiger partial charge on any atom is 0.225 e. The third-order valence-corrected chi connectivity index (χ3v) is 2.84. The van der Waals surface area contributed by atoms with E-state index in [0.717, 1.165) is 12.3 Å². The first-order valence-corrected chi connectivity index (χ1v) is 6.27. The smallest absolute Gasteiger partial charge is 0.225 e. The number of hydrogen-bond donors (Lipinski definition) is 3. The number of nitrogen functional groups attached to an aromatic ring is 2. The van der Waals surface area contributed by atoms with Crippen molar-refractivity contribution in [3.63, 3.8) is 0 Å². The van der Waals surface area contributed by atoms with Gasteiger partial charge in [-0.25, -0.2) is 0 Å². The van der Waals surface area contributed by atoms with E-state index in [1.807, 2.05) is 24.3 Å². The molecule has 106 valence electrons. The number of benzene rings is 1. The van der Waals surface area contributed by atoms with E-state index in [4.69, 9.17) is 16.2 Å². The molecule has 1 unspecified atom stereocenters. The lowest BCUT2D eigenvalue weighted by Gasteiger charge is -2.13. The number of rotatable bonds is 5. The van der Waals surface area contributed by atoms with Gasteiger partial charge in [0.25, 0.3) is 0 Å². The van der Waals surface area contributed by atoms with Gasteiger partial charge in [0.05, 0.1) is 14.2 Å². The third kappa shape index (κ3) is 3.79. The number of nitrogens with zero attached hydrogens (tertiary/aromatic N) is 3. The van der Waals surface area contributed by atoms with Crippen molar-refractivity contribution >= 4 is 11.9 Å². The molecule has 7 heteroatoms. The standard InChI is InChI=1S/C13H18N6O/c1-19(7-9-3-5-10(20-2)6-4-9)8-11-16-12(14)18-13(15)17-11/h3-6H,7-8H2,1-2H3,(H4,14,15,16,17,18)/p+1. The van der Waals surface area contributed by atoms with E-state index in [9.17, 15) is 0 Å². The molecule has 1 heterocycles. The molecule has 1 atom stereocenters. The summed E-state index contributed by atoms with van der Waals surface area (Å²) in [4.78, 5) is 13.1. The molecular weight excluding hydrogens is 256 g/mol. The Hall–Kier alpha value is -2.41.